The number of hydrogen-bond donors (Lipinski definition) is 2. The first-order valence-electron chi connectivity index (χ1n) is 8.29. The maximum absolute atomic E-state index is 13.7. The van der Waals surface area contributed by atoms with Gasteiger partial charge in [0.15, 0.2) is 0 Å². The molecule has 0 spiro atoms. The third-order valence-electron chi connectivity index (χ3n) is 4.51. The predicted octanol–water partition coefficient (Wildman–Crippen LogP) is 4.69. The molecule has 0 saturated carbocycles. The van der Waals surface area contributed by atoms with Crippen molar-refractivity contribution in [3.05, 3.63) is 94.3 Å². The molecule has 3 amide bonds. The van der Waals surface area contributed by atoms with Gasteiger partial charge in [0.2, 0.25) is 0 Å². The number of halogens is 2. The van der Waals surface area contributed by atoms with Crippen LogP contribution in [0.3, 0.4) is 0 Å². The highest BCUT2D eigenvalue weighted by Crippen LogP contribution is 2.44. The van der Waals surface area contributed by atoms with Crippen molar-refractivity contribution in [2.45, 2.75) is 6.04 Å². The van der Waals surface area contributed by atoms with E-state index in [2.05, 4.69) is 10.6 Å². The van der Waals surface area contributed by atoms with Crippen molar-refractivity contribution in [2.24, 2.45) is 0 Å². The molecule has 1 unspecified atom stereocenters. The van der Waals surface area contributed by atoms with Crippen LogP contribution in [0.15, 0.2) is 66.7 Å². The van der Waals surface area contributed by atoms with Gasteiger partial charge in [0.1, 0.15) is 5.82 Å². The molecule has 134 valence electrons. The van der Waals surface area contributed by atoms with Crippen LogP contribution in [0.5, 0.6) is 0 Å². The lowest BCUT2D eigenvalue weighted by atomic mass is 10.1. The van der Waals surface area contributed by atoms with Crippen LogP contribution in [0.25, 0.3) is 11.1 Å². The minimum Gasteiger partial charge on any atom is -0.327 e. The predicted molar refractivity (Wildman–Crippen MR) is 101 cm³/mol. The highest BCUT2D eigenvalue weighted by molar-refractivity contribution is 6.31. The van der Waals surface area contributed by atoms with Gasteiger partial charge in [-0.1, -0.05) is 54.1 Å². The van der Waals surface area contributed by atoms with Crippen molar-refractivity contribution in [1.82, 2.24) is 10.6 Å². The molecule has 0 radical (unpaired) electrons. The molecule has 3 aromatic rings. The molecule has 0 aliphatic heterocycles. The minimum atomic E-state index is -0.798. The number of nitrogens with one attached hydrogen (secondary N) is 2. The average molecular weight is 381 g/mol. The van der Waals surface area contributed by atoms with Crippen molar-refractivity contribution >= 4 is 23.5 Å². The second-order valence-corrected chi connectivity index (χ2v) is 6.60. The number of imide groups is 1. The Hall–Kier alpha value is -3.18. The lowest BCUT2D eigenvalue weighted by Crippen LogP contribution is -2.41. The molecular formula is C21H14ClFN2O2. The van der Waals surface area contributed by atoms with Gasteiger partial charge in [0, 0.05) is 5.02 Å². The maximum Gasteiger partial charge on any atom is 0.322 e. The molecule has 0 fully saturated rings. The number of urea groups is 1. The summed E-state index contributed by atoms with van der Waals surface area (Å²) in [4.78, 5) is 24.5. The number of carbonyl (C=O) groups is 2. The van der Waals surface area contributed by atoms with Crippen molar-refractivity contribution < 1.29 is 14.0 Å². The van der Waals surface area contributed by atoms with E-state index < -0.39 is 23.8 Å². The summed E-state index contributed by atoms with van der Waals surface area (Å²) in [6.45, 7) is 0. The molecule has 4 rings (SSSR count). The van der Waals surface area contributed by atoms with E-state index in [4.69, 9.17) is 11.6 Å². The molecule has 4 nitrogen and oxygen atoms in total. The summed E-state index contributed by atoms with van der Waals surface area (Å²) in [7, 11) is 0. The largest absolute Gasteiger partial charge is 0.327 e. The lowest BCUT2D eigenvalue weighted by Gasteiger charge is -2.16. The molecule has 0 saturated heterocycles. The van der Waals surface area contributed by atoms with Crippen LogP contribution in [-0.4, -0.2) is 11.9 Å². The quantitative estimate of drug-likeness (QED) is 0.677. The molecule has 1 atom stereocenters. The number of benzene rings is 3. The Labute approximate surface area is 160 Å². The van der Waals surface area contributed by atoms with Crippen LogP contribution in [0.1, 0.15) is 27.5 Å². The molecular weight excluding hydrogens is 367 g/mol. The third-order valence-corrected chi connectivity index (χ3v) is 4.74. The Morgan fingerprint density at radius 2 is 1.59 bits per heavy atom. The van der Waals surface area contributed by atoms with Crippen LogP contribution in [0.2, 0.25) is 5.02 Å². The standard InChI is InChI=1S/C21H14ClFN2O2/c22-12-9-10-15-17(11-12)13-5-1-2-6-14(13)19(15)24-21(27)25-20(26)16-7-3-4-8-18(16)23/h1-11,19H,(H2,24,25,26,27). The van der Waals surface area contributed by atoms with E-state index in [-0.39, 0.29) is 5.56 Å². The van der Waals surface area contributed by atoms with Crippen LogP contribution in [0.4, 0.5) is 9.18 Å². The average Bonchev–Trinajstić information content (AvgIpc) is 2.95. The van der Waals surface area contributed by atoms with Crippen molar-refractivity contribution in [3.8, 4) is 11.1 Å². The zero-order valence-corrected chi connectivity index (χ0v) is 14.8. The summed E-state index contributed by atoms with van der Waals surface area (Å²) in [5.74, 6) is -1.48. The van der Waals surface area contributed by atoms with Gasteiger partial charge in [-0.25, -0.2) is 9.18 Å². The van der Waals surface area contributed by atoms with Crippen molar-refractivity contribution in [2.75, 3.05) is 0 Å². The van der Waals surface area contributed by atoms with E-state index in [1.807, 2.05) is 36.4 Å². The normalized spacial score (nSPS) is 14.2. The van der Waals surface area contributed by atoms with E-state index in [0.29, 0.717) is 5.02 Å². The fraction of sp³-hybridized carbons (Fsp3) is 0.0476. The Morgan fingerprint density at radius 1 is 0.889 bits per heavy atom. The molecule has 0 heterocycles. The summed E-state index contributed by atoms with van der Waals surface area (Å²) in [5.41, 5.74) is 3.51. The van der Waals surface area contributed by atoms with Gasteiger partial charge in [-0.2, -0.15) is 0 Å². The molecule has 0 aromatic heterocycles. The molecule has 1 aliphatic rings. The number of fused-ring (bicyclic) bond motifs is 3. The van der Waals surface area contributed by atoms with Crippen LogP contribution >= 0.6 is 11.6 Å². The van der Waals surface area contributed by atoms with Gasteiger partial charge >= 0.3 is 6.03 Å². The van der Waals surface area contributed by atoms with Gasteiger partial charge in [-0.05, 0) is 46.5 Å². The monoisotopic (exact) mass is 380 g/mol. The van der Waals surface area contributed by atoms with Crippen LogP contribution in [-0.2, 0) is 0 Å². The molecule has 2 N–H and O–H groups in total. The molecule has 27 heavy (non-hydrogen) atoms. The first kappa shape index (κ1) is 17.2. The summed E-state index contributed by atoms with van der Waals surface area (Å²) >= 11 is 6.11. The maximum atomic E-state index is 13.7. The number of rotatable bonds is 2. The second-order valence-electron chi connectivity index (χ2n) is 6.16. The number of amides is 3. The smallest absolute Gasteiger partial charge is 0.322 e. The van der Waals surface area contributed by atoms with Crippen LogP contribution < -0.4 is 10.6 Å². The van der Waals surface area contributed by atoms with E-state index in [0.717, 1.165) is 22.3 Å². The number of hydrogen-bond acceptors (Lipinski definition) is 2. The molecule has 3 aromatic carbocycles. The van der Waals surface area contributed by atoms with Crippen molar-refractivity contribution in [1.29, 1.82) is 0 Å². The fourth-order valence-corrected chi connectivity index (χ4v) is 3.49. The summed E-state index contributed by atoms with van der Waals surface area (Å²) in [6, 6.07) is 17.5. The summed E-state index contributed by atoms with van der Waals surface area (Å²) in [6.07, 6.45) is 0. The van der Waals surface area contributed by atoms with Gasteiger partial charge in [-0.15, -0.1) is 0 Å². The van der Waals surface area contributed by atoms with E-state index in [1.165, 1.54) is 24.3 Å². The Balaban J connectivity index is 1.59. The highest BCUT2D eigenvalue weighted by Gasteiger charge is 2.30. The van der Waals surface area contributed by atoms with E-state index >= 15 is 0 Å². The molecule has 6 heteroatoms. The molecule has 0 bridgehead atoms. The SMILES string of the molecule is O=C(NC(=O)c1ccccc1F)NC1c2ccccc2-c2cc(Cl)ccc21. The van der Waals surface area contributed by atoms with E-state index in [1.54, 1.807) is 6.07 Å². The molecule has 1 aliphatic carbocycles. The van der Waals surface area contributed by atoms with E-state index in [9.17, 15) is 14.0 Å². The Bertz CT molecular complexity index is 1070. The first-order chi connectivity index (χ1) is 13.0. The van der Waals surface area contributed by atoms with Gasteiger partial charge < -0.3 is 5.32 Å². The summed E-state index contributed by atoms with van der Waals surface area (Å²) in [5, 5.41) is 5.58. The zero-order chi connectivity index (χ0) is 19.0. The Kier molecular flexibility index (Phi) is 4.38. The van der Waals surface area contributed by atoms with Gasteiger partial charge in [0.25, 0.3) is 5.91 Å². The number of carbonyl (C=O) groups excluding carboxylic acids is 2. The highest BCUT2D eigenvalue weighted by atomic mass is 35.5. The Morgan fingerprint density at radius 3 is 2.41 bits per heavy atom. The minimum absolute atomic E-state index is 0.188. The van der Waals surface area contributed by atoms with Crippen LogP contribution in [0, 0.1) is 5.82 Å². The van der Waals surface area contributed by atoms with Gasteiger partial charge in [0.05, 0.1) is 11.6 Å². The summed E-state index contributed by atoms with van der Waals surface area (Å²) < 4.78 is 13.7. The zero-order valence-electron chi connectivity index (χ0n) is 14.0. The topological polar surface area (TPSA) is 58.2 Å². The fourth-order valence-electron chi connectivity index (χ4n) is 3.31. The third kappa shape index (κ3) is 3.17. The van der Waals surface area contributed by atoms with Crippen molar-refractivity contribution in [3.63, 3.8) is 0 Å². The lowest BCUT2D eigenvalue weighted by molar-refractivity contribution is 0.0959. The second kappa shape index (κ2) is 6.85. The van der Waals surface area contributed by atoms with Gasteiger partial charge in [-0.3, -0.25) is 10.1 Å². The first-order valence-corrected chi connectivity index (χ1v) is 8.67.